The monoisotopic (exact) mass is 297 g/mol. The third-order valence-electron chi connectivity index (χ3n) is 2.92. The van der Waals surface area contributed by atoms with Crippen LogP contribution in [0.4, 0.5) is 10.1 Å². The van der Waals surface area contributed by atoms with Crippen molar-refractivity contribution in [2.24, 2.45) is 0 Å². The molecule has 0 bridgehead atoms. The molecule has 21 heavy (non-hydrogen) atoms. The number of ether oxygens (including phenoxy) is 1. The predicted octanol–water partition coefficient (Wildman–Crippen LogP) is 0.585. The van der Waals surface area contributed by atoms with Gasteiger partial charge in [0.2, 0.25) is 5.91 Å². The van der Waals surface area contributed by atoms with Crippen LogP contribution in [0.3, 0.4) is 0 Å². The fourth-order valence-electron chi connectivity index (χ4n) is 1.66. The zero-order valence-electron chi connectivity index (χ0n) is 12.4. The van der Waals surface area contributed by atoms with Crippen LogP contribution in [0.15, 0.2) is 18.2 Å². The van der Waals surface area contributed by atoms with Crippen LogP contribution in [0.25, 0.3) is 0 Å². The van der Waals surface area contributed by atoms with Crippen molar-refractivity contribution >= 4 is 17.5 Å². The van der Waals surface area contributed by atoms with Gasteiger partial charge in [-0.1, -0.05) is 0 Å². The minimum absolute atomic E-state index is 0.0414. The molecule has 0 atom stereocenters. The van der Waals surface area contributed by atoms with E-state index >= 15 is 0 Å². The van der Waals surface area contributed by atoms with Crippen molar-refractivity contribution in [3.8, 4) is 0 Å². The number of carbonyl (C=O) groups is 2. The van der Waals surface area contributed by atoms with Crippen LogP contribution in [-0.4, -0.2) is 62.5 Å². The summed E-state index contributed by atoms with van der Waals surface area (Å²) >= 11 is 0. The van der Waals surface area contributed by atoms with Crippen molar-refractivity contribution in [3.05, 3.63) is 29.6 Å². The van der Waals surface area contributed by atoms with Crippen molar-refractivity contribution in [2.75, 3.05) is 46.6 Å². The van der Waals surface area contributed by atoms with E-state index in [0.717, 1.165) is 12.1 Å². The van der Waals surface area contributed by atoms with Crippen molar-refractivity contribution in [1.82, 2.24) is 9.80 Å². The molecule has 6 nitrogen and oxygen atoms in total. The molecule has 0 fully saturated rings. The van der Waals surface area contributed by atoms with Crippen LogP contribution in [-0.2, 0) is 9.53 Å². The second-order valence-electron chi connectivity index (χ2n) is 4.74. The number of nitrogens with two attached hydrogens (primary N) is 1. The Bertz CT molecular complexity index is 520. The van der Waals surface area contributed by atoms with E-state index in [1.807, 2.05) is 0 Å². The smallest absolute Gasteiger partial charge is 0.256 e. The van der Waals surface area contributed by atoms with Crippen molar-refractivity contribution in [3.63, 3.8) is 0 Å². The fourth-order valence-corrected chi connectivity index (χ4v) is 1.66. The highest BCUT2D eigenvalue weighted by Crippen LogP contribution is 2.16. The SMILES string of the molecule is COCCN(CC(=O)N(C)C)C(=O)c1ccc(F)cc1N. The van der Waals surface area contributed by atoms with Crippen LogP contribution in [0.2, 0.25) is 0 Å². The first-order chi connectivity index (χ1) is 9.86. The second-order valence-corrected chi connectivity index (χ2v) is 4.74. The van der Waals surface area contributed by atoms with Crippen LogP contribution in [0.1, 0.15) is 10.4 Å². The fraction of sp³-hybridized carbons (Fsp3) is 0.429. The normalized spacial score (nSPS) is 10.3. The zero-order valence-corrected chi connectivity index (χ0v) is 12.4. The maximum absolute atomic E-state index is 13.0. The number of hydrogen-bond donors (Lipinski definition) is 1. The molecule has 0 heterocycles. The quantitative estimate of drug-likeness (QED) is 0.780. The number of likely N-dealkylation sites (N-methyl/N-ethyl adjacent to an activating group) is 1. The van der Waals surface area contributed by atoms with Gasteiger partial charge in [0.1, 0.15) is 12.4 Å². The Morgan fingerprint density at radius 2 is 2.00 bits per heavy atom. The molecular weight excluding hydrogens is 277 g/mol. The van der Waals surface area contributed by atoms with Crippen molar-refractivity contribution in [2.45, 2.75) is 0 Å². The molecule has 0 saturated heterocycles. The molecule has 0 aliphatic heterocycles. The van der Waals surface area contributed by atoms with Gasteiger partial charge in [-0.2, -0.15) is 0 Å². The number of halogens is 1. The van der Waals surface area contributed by atoms with Gasteiger partial charge in [0.15, 0.2) is 0 Å². The summed E-state index contributed by atoms with van der Waals surface area (Å²) in [5.41, 5.74) is 5.87. The summed E-state index contributed by atoms with van der Waals surface area (Å²) in [7, 11) is 4.71. The number of hydrogen-bond acceptors (Lipinski definition) is 4. The summed E-state index contributed by atoms with van der Waals surface area (Å²) in [5, 5.41) is 0. The summed E-state index contributed by atoms with van der Waals surface area (Å²) in [6, 6.07) is 3.55. The lowest BCUT2D eigenvalue weighted by molar-refractivity contribution is -0.129. The molecular formula is C14H20FN3O3. The van der Waals surface area contributed by atoms with Crippen LogP contribution < -0.4 is 5.73 Å². The second kappa shape index (κ2) is 7.58. The van der Waals surface area contributed by atoms with Gasteiger partial charge >= 0.3 is 0 Å². The maximum Gasteiger partial charge on any atom is 0.256 e. The molecule has 0 aliphatic rings. The summed E-state index contributed by atoms with van der Waals surface area (Å²) in [6.07, 6.45) is 0. The van der Waals surface area contributed by atoms with Gasteiger partial charge in [-0.3, -0.25) is 9.59 Å². The third kappa shape index (κ3) is 4.71. The van der Waals surface area contributed by atoms with Crippen molar-refractivity contribution in [1.29, 1.82) is 0 Å². The highest BCUT2D eigenvalue weighted by atomic mass is 19.1. The van der Waals surface area contributed by atoms with Gasteiger partial charge < -0.3 is 20.3 Å². The molecule has 0 aromatic heterocycles. The average molecular weight is 297 g/mol. The largest absolute Gasteiger partial charge is 0.398 e. The Balaban J connectivity index is 2.95. The van der Waals surface area contributed by atoms with Crippen LogP contribution in [0, 0.1) is 5.82 Å². The Labute approximate surface area is 123 Å². The first kappa shape index (κ1) is 16.9. The van der Waals surface area contributed by atoms with Gasteiger partial charge in [-0.25, -0.2) is 4.39 Å². The van der Waals surface area contributed by atoms with Gasteiger partial charge in [0.05, 0.1) is 12.2 Å². The van der Waals surface area contributed by atoms with E-state index in [2.05, 4.69) is 0 Å². The molecule has 116 valence electrons. The molecule has 0 radical (unpaired) electrons. The molecule has 2 amide bonds. The number of nitrogen functional groups attached to an aromatic ring is 1. The predicted molar refractivity (Wildman–Crippen MR) is 77.3 cm³/mol. The van der Waals surface area contributed by atoms with Crippen molar-refractivity contribution < 1.29 is 18.7 Å². The van der Waals surface area contributed by atoms with Crippen LogP contribution in [0.5, 0.6) is 0 Å². The van der Waals surface area contributed by atoms with Gasteiger partial charge in [-0.05, 0) is 18.2 Å². The van der Waals surface area contributed by atoms with E-state index in [4.69, 9.17) is 10.5 Å². The van der Waals surface area contributed by atoms with Gasteiger partial charge in [0.25, 0.3) is 5.91 Å². The third-order valence-corrected chi connectivity index (χ3v) is 2.92. The summed E-state index contributed by atoms with van der Waals surface area (Å²) in [6.45, 7) is 0.436. The standard InChI is InChI=1S/C14H20FN3O3/c1-17(2)13(19)9-18(6-7-21-3)14(20)11-5-4-10(15)8-12(11)16/h4-5,8H,6-7,9,16H2,1-3H3. The number of methoxy groups -OCH3 is 1. The van der Waals surface area contributed by atoms with E-state index < -0.39 is 11.7 Å². The minimum Gasteiger partial charge on any atom is -0.398 e. The molecule has 0 saturated carbocycles. The minimum atomic E-state index is -0.517. The van der Waals surface area contributed by atoms with E-state index in [0.29, 0.717) is 0 Å². The van der Waals surface area contributed by atoms with Gasteiger partial charge in [-0.15, -0.1) is 0 Å². The lowest BCUT2D eigenvalue weighted by atomic mass is 10.1. The Hall–Kier alpha value is -2.15. The number of anilines is 1. The average Bonchev–Trinajstić information content (AvgIpc) is 2.42. The molecule has 1 aromatic rings. The Morgan fingerprint density at radius 3 is 2.52 bits per heavy atom. The van der Waals surface area contributed by atoms with E-state index in [9.17, 15) is 14.0 Å². The highest BCUT2D eigenvalue weighted by molar-refractivity contribution is 6.00. The number of rotatable bonds is 6. The molecule has 0 unspecified atom stereocenters. The Morgan fingerprint density at radius 1 is 1.33 bits per heavy atom. The molecule has 0 spiro atoms. The Kier molecular flexibility index (Phi) is 6.10. The molecule has 2 N–H and O–H groups in total. The molecule has 1 rings (SSSR count). The molecule has 1 aromatic carbocycles. The van der Waals surface area contributed by atoms with Crippen LogP contribution >= 0.6 is 0 Å². The lowest BCUT2D eigenvalue weighted by Gasteiger charge is -2.24. The highest BCUT2D eigenvalue weighted by Gasteiger charge is 2.21. The van der Waals surface area contributed by atoms with E-state index in [1.54, 1.807) is 14.1 Å². The summed E-state index contributed by atoms with van der Waals surface area (Å²) in [4.78, 5) is 26.9. The van der Waals surface area contributed by atoms with E-state index in [-0.39, 0.29) is 36.9 Å². The summed E-state index contributed by atoms with van der Waals surface area (Å²) in [5.74, 6) is -1.17. The molecule has 0 aliphatic carbocycles. The number of amides is 2. The maximum atomic E-state index is 13.0. The van der Waals surface area contributed by atoms with Gasteiger partial charge in [0, 0.05) is 33.4 Å². The topological polar surface area (TPSA) is 75.9 Å². The molecule has 7 heteroatoms. The lowest BCUT2D eigenvalue weighted by Crippen LogP contribution is -2.42. The first-order valence-corrected chi connectivity index (χ1v) is 6.40. The summed E-state index contributed by atoms with van der Waals surface area (Å²) < 4.78 is 18.0. The first-order valence-electron chi connectivity index (χ1n) is 6.40. The zero-order chi connectivity index (χ0) is 16.0. The van der Waals surface area contributed by atoms with E-state index in [1.165, 1.54) is 23.0 Å². The number of carbonyl (C=O) groups excluding carboxylic acids is 2. The number of benzene rings is 1. The number of nitrogens with zero attached hydrogens (tertiary/aromatic N) is 2.